The molecule has 0 bridgehead atoms. The summed E-state index contributed by atoms with van der Waals surface area (Å²) in [5.41, 5.74) is 0.350. The maximum atomic E-state index is 12.0. The number of esters is 2. The maximum Gasteiger partial charge on any atom is 0.333 e. The zero-order chi connectivity index (χ0) is 16.5. The van der Waals surface area contributed by atoms with Crippen LogP contribution in [0.1, 0.15) is 45.4 Å². The Balaban J connectivity index is 2.21. The first-order valence-corrected chi connectivity index (χ1v) is 7.65. The van der Waals surface area contributed by atoms with Gasteiger partial charge in [0.15, 0.2) is 0 Å². The van der Waals surface area contributed by atoms with Gasteiger partial charge in [-0.15, -0.1) is 0 Å². The first-order chi connectivity index (χ1) is 10.4. The molecule has 22 heavy (non-hydrogen) atoms. The number of hydrogen-bond donors (Lipinski definition) is 1. The number of hydrogen-bond acceptors (Lipinski definition) is 5. The first-order valence-electron chi connectivity index (χ1n) is 7.65. The molecule has 0 aromatic heterocycles. The van der Waals surface area contributed by atoms with Crippen LogP contribution in [0.2, 0.25) is 0 Å². The average Bonchev–Trinajstić information content (AvgIpc) is 2.49. The minimum Gasteiger partial charge on any atom is -0.481 e. The predicted octanol–water partition coefficient (Wildman–Crippen LogP) is 2.32. The van der Waals surface area contributed by atoms with Crippen LogP contribution in [-0.4, -0.2) is 36.2 Å². The number of carboxylic acids is 1. The van der Waals surface area contributed by atoms with Gasteiger partial charge in [-0.2, -0.15) is 0 Å². The van der Waals surface area contributed by atoms with Crippen molar-refractivity contribution in [3.63, 3.8) is 0 Å². The highest BCUT2D eigenvalue weighted by Gasteiger charge is 2.36. The van der Waals surface area contributed by atoms with Crippen LogP contribution in [0.25, 0.3) is 0 Å². The van der Waals surface area contributed by atoms with Crippen LogP contribution in [0, 0.1) is 11.8 Å². The number of carbonyl (C=O) groups is 3. The maximum absolute atomic E-state index is 12.0. The molecular weight excluding hydrogens is 288 g/mol. The lowest BCUT2D eigenvalue weighted by molar-refractivity contribution is -0.159. The van der Waals surface area contributed by atoms with Crippen LogP contribution in [0.15, 0.2) is 12.2 Å². The second-order valence-corrected chi connectivity index (χ2v) is 5.63. The summed E-state index contributed by atoms with van der Waals surface area (Å²) in [6.45, 7) is 5.52. The highest BCUT2D eigenvalue weighted by atomic mass is 16.5. The second kappa shape index (κ2) is 9.23. The minimum absolute atomic E-state index is 0.215. The summed E-state index contributed by atoms with van der Waals surface area (Å²) in [5.74, 6) is -2.94. The van der Waals surface area contributed by atoms with Gasteiger partial charge in [0.25, 0.3) is 0 Å². The average molecular weight is 312 g/mol. The highest BCUT2D eigenvalue weighted by Crippen LogP contribution is 2.31. The smallest absolute Gasteiger partial charge is 0.333 e. The monoisotopic (exact) mass is 312 g/mol. The fraction of sp³-hybridized carbons (Fsp3) is 0.688. The van der Waals surface area contributed by atoms with E-state index in [1.165, 1.54) is 0 Å². The van der Waals surface area contributed by atoms with E-state index in [0.29, 0.717) is 31.3 Å². The molecule has 0 heterocycles. The molecule has 6 nitrogen and oxygen atoms in total. The van der Waals surface area contributed by atoms with Gasteiger partial charge in [-0.05, 0) is 32.6 Å². The fourth-order valence-corrected chi connectivity index (χ4v) is 2.48. The minimum atomic E-state index is -0.923. The van der Waals surface area contributed by atoms with E-state index in [4.69, 9.17) is 14.6 Å². The van der Waals surface area contributed by atoms with Gasteiger partial charge < -0.3 is 14.6 Å². The molecule has 0 aromatic rings. The van der Waals surface area contributed by atoms with Gasteiger partial charge in [0.1, 0.15) is 0 Å². The lowest BCUT2D eigenvalue weighted by Gasteiger charge is -2.26. The summed E-state index contributed by atoms with van der Waals surface area (Å²) in [5, 5.41) is 9.13. The van der Waals surface area contributed by atoms with E-state index in [2.05, 4.69) is 6.58 Å². The molecule has 124 valence electrons. The van der Waals surface area contributed by atoms with Gasteiger partial charge >= 0.3 is 17.9 Å². The molecule has 2 unspecified atom stereocenters. The molecule has 1 saturated carbocycles. The molecule has 0 spiro atoms. The third-order valence-corrected chi connectivity index (χ3v) is 3.75. The van der Waals surface area contributed by atoms with Gasteiger partial charge in [-0.1, -0.05) is 19.4 Å². The van der Waals surface area contributed by atoms with Gasteiger partial charge in [0, 0.05) is 5.57 Å². The van der Waals surface area contributed by atoms with Gasteiger partial charge in [0.05, 0.1) is 25.0 Å². The zero-order valence-corrected chi connectivity index (χ0v) is 13.0. The van der Waals surface area contributed by atoms with Crippen molar-refractivity contribution in [3.8, 4) is 0 Å². The standard InChI is InChI=1S/C16H24O6/c1-11(2)15(19)21-9-5-6-10-22-16(20)13-8-4-3-7-12(13)14(17)18/h12-13H,1,3-10H2,2H3,(H,17,18). The Kier molecular flexibility index (Phi) is 7.63. The Morgan fingerprint density at radius 3 is 2.14 bits per heavy atom. The molecule has 1 rings (SSSR count). The Labute approximate surface area is 130 Å². The van der Waals surface area contributed by atoms with Crippen molar-refractivity contribution in [1.82, 2.24) is 0 Å². The molecule has 1 fully saturated rings. The van der Waals surface area contributed by atoms with E-state index in [-0.39, 0.29) is 13.2 Å². The van der Waals surface area contributed by atoms with Crippen molar-refractivity contribution in [2.45, 2.75) is 45.4 Å². The van der Waals surface area contributed by atoms with E-state index < -0.39 is 29.7 Å². The SMILES string of the molecule is C=C(C)C(=O)OCCCCOC(=O)C1CCCCC1C(=O)O. The molecule has 1 N–H and O–H groups in total. The van der Waals surface area contributed by atoms with Crippen LogP contribution < -0.4 is 0 Å². The van der Waals surface area contributed by atoms with Crippen LogP contribution in [-0.2, 0) is 23.9 Å². The Morgan fingerprint density at radius 1 is 1.05 bits per heavy atom. The van der Waals surface area contributed by atoms with E-state index in [1.807, 2.05) is 0 Å². The summed E-state index contributed by atoms with van der Waals surface area (Å²) in [6.07, 6.45) is 3.96. The number of carboxylic acid groups (broad SMARTS) is 1. The summed E-state index contributed by atoms with van der Waals surface area (Å²) in [4.78, 5) is 34.2. The molecule has 1 aliphatic rings. The quantitative estimate of drug-likeness (QED) is 0.420. The number of rotatable bonds is 8. The zero-order valence-electron chi connectivity index (χ0n) is 13.0. The Hall–Kier alpha value is -1.85. The van der Waals surface area contributed by atoms with E-state index in [9.17, 15) is 14.4 Å². The Bertz CT molecular complexity index is 428. The largest absolute Gasteiger partial charge is 0.481 e. The fourth-order valence-electron chi connectivity index (χ4n) is 2.48. The third-order valence-electron chi connectivity index (χ3n) is 3.75. The van der Waals surface area contributed by atoms with Crippen molar-refractivity contribution >= 4 is 17.9 Å². The van der Waals surface area contributed by atoms with Crippen LogP contribution in [0.4, 0.5) is 0 Å². The summed E-state index contributed by atoms with van der Waals surface area (Å²) in [6, 6.07) is 0. The molecule has 2 atom stereocenters. The van der Waals surface area contributed by atoms with Crippen LogP contribution >= 0.6 is 0 Å². The first kappa shape index (κ1) is 18.2. The number of aliphatic carboxylic acids is 1. The van der Waals surface area contributed by atoms with E-state index in [0.717, 1.165) is 12.8 Å². The van der Waals surface area contributed by atoms with Crippen LogP contribution in [0.3, 0.4) is 0 Å². The second-order valence-electron chi connectivity index (χ2n) is 5.63. The van der Waals surface area contributed by atoms with Gasteiger partial charge in [-0.25, -0.2) is 4.79 Å². The van der Waals surface area contributed by atoms with Crippen molar-refractivity contribution < 1.29 is 29.0 Å². The molecule has 0 aliphatic heterocycles. The van der Waals surface area contributed by atoms with Crippen molar-refractivity contribution in [2.24, 2.45) is 11.8 Å². The lowest BCUT2D eigenvalue weighted by Crippen LogP contribution is -2.34. The van der Waals surface area contributed by atoms with Gasteiger partial charge in [0.2, 0.25) is 0 Å². The molecule has 0 aromatic carbocycles. The van der Waals surface area contributed by atoms with Gasteiger partial charge in [-0.3, -0.25) is 9.59 Å². The molecule has 6 heteroatoms. The third kappa shape index (κ3) is 5.87. The highest BCUT2D eigenvalue weighted by molar-refractivity contribution is 5.86. The number of ether oxygens (including phenoxy) is 2. The molecule has 0 amide bonds. The Morgan fingerprint density at radius 2 is 1.59 bits per heavy atom. The number of unbranched alkanes of at least 4 members (excludes halogenated alkanes) is 1. The summed E-state index contributed by atoms with van der Waals surface area (Å²) >= 11 is 0. The summed E-state index contributed by atoms with van der Waals surface area (Å²) in [7, 11) is 0. The number of carbonyl (C=O) groups excluding carboxylic acids is 2. The topological polar surface area (TPSA) is 89.9 Å². The summed E-state index contributed by atoms with van der Waals surface area (Å²) < 4.78 is 10.1. The van der Waals surface area contributed by atoms with Crippen molar-refractivity contribution in [2.75, 3.05) is 13.2 Å². The van der Waals surface area contributed by atoms with E-state index in [1.54, 1.807) is 6.92 Å². The van der Waals surface area contributed by atoms with Crippen molar-refractivity contribution in [1.29, 1.82) is 0 Å². The molecule has 1 aliphatic carbocycles. The van der Waals surface area contributed by atoms with Crippen LogP contribution in [0.5, 0.6) is 0 Å². The lowest BCUT2D eigenvalue weighted by atomic mass is 9.79. The molecule has 0 saturated heterocycles. The normalized spacial score (nSPS) is 21.0. The predicted molar refractivity (Wildman–Crippen MR) is 79.0 cm³/mol. The molecular formula is C16H24O6. The van der Waals surface area contributed by atoms with Crippen molar-refractivity contribution in [3.05, 3.63) is 12.2 Å². The molecule has 0 radical (unpaired) electrons. The van der Waals surface area contributed by atoms with E-state index >= 15 is 0 Å².